The normalized spacial score (nSPS) is 26.9. The average Bonchev–Trinajstić information content (AvgIpc) is 3.14. The molecule has 7 nitrogen and oxygen atoms in total. The first kappa shape index (κ1) is 18.5. The van der Waals surface area contributed by atoms with E-state index < -0.39 is 11.6 Å². The lowest BCUT2D eigenvalue weighted by molar-refractivity contribution is -0.136. The molecule has 1 aromatic rings. The van der Waals surface area contributed by atoms with Crippen molar-refractivity contribution in [2.24, 2.45) is 5.92 Å². The van der Waals surface area contributed by atoms with Gasteiger partial charge in [0.25, 0.3) is 5.91 Å². The van der Waals surface area contributed by atoms with E-state index in [1.807, 2.05) is 13.0 Å². The third-order valence-electron chi connectivity index (χ3n) is 5.65. The quantitative estimate of drug-likeness (QED) is 0.789. The van der Waals surface area contributed by atoms with Crippen molar-refractivity contribution in [1.82, 2.24) is 15.5 Å². The summed E-state index contributed by atoms with van der Waals surface area (Å²) in [5.41, 5.74) is -0.813. The highest BCUT2D eigenvalue weighted by Gasteiger charge is 2.52. The number of nitrogens with one attached hydrogen (secondary N) is 2. The molecule has 0 aromatic carbocycles. The molecule has 3 rings (SSSR count). The van der Waals surface area contributed by atoms with Gasteiger partial charge in [-0.15, -0.1) is 0 Å². The molecule has 1 aliphatic heterocycles. The lowest BCUT2D eigenvalue weighted by atomic mass is 9.75. The summed E-state index contributed by atoms with van der Waals surface area (Å²) in [6, 6.07) is 2.83. The van der Waals surface area contributed by atoms with Gasteiger partial charge in [0.2, 0.25) is 5.91 Å². The van der Waals surface area contributed by atoms with Crippen molar-refractivity contribution in [3.8, 4) is 0 Å². The lowest BCUT2D eigenvalue weighted by Crippen LogP contribution is -2.50. The Balaban J connectivity index is 1.60. The lowest BCUT2D eigenvalue weighted by Gasteiger charge is -2.34. The first-order valence-corrected chi connectivity index (χ1v) is 9.34. The number of aryl methyl sites for hydroxylation is 1. The summed E-state index contributed by atoms with van der Waals surface area (Å²) in [6.45, 7) is 5.51. The maximum atomic E-state index is 12.8. The van der Waals surface area contributed by atoms with Crippen LogP contribution in [0, 0.1) is 12.8 Å². The predicted octanol–water partition coefficient (Wildman–Crippen LogP) is 2.66. The highest BCUT2D eigenvalue weighted by molar-refractivity contribution is 6.09. The Morgan fingerprint density at radius 2 is 2.08 bits per heavy atom. The van der Waals surface area contributed by atoms with Crippen molar-refractivity contribution in [1.29, 1.82) is 0 Å². The van der Waals surface area contributed by atoms with Gasteiger partial charge in [0, 0.05) is 0 Å². The molecule has 1 atom stereocenters. The third-order valence-corrected chi connectivity index (χ3v) is 5.65. The van der Waals surface area contributed by atoms with Crippen LogP contribution < -0.4 is 10.6 Å². The van der Waals surface area contributed by atoms with Crippen LogP contribution in [0.5, 0.6) is 0 Å². The first-order chi connectivity index (χ1) is 12.3. The Bertz CT molecular complexity index is 703. The molecular weight excluding hydrogens is 334 g/mol. The van der Waals surface area contributed by atoms with E-state index in [4.69, 9.17) is 4.42 Å². The molecule has 0 bridgehead atoms. The number of hydrogen-bond acceptors (Lipinski definition) is 4. The molecule has 1 aliphatic carbocycles. The monoisotopic (exact) mass is 361 g/mol. The molecule has 1 saturated heterocycles. The number of nitrogens with zero attached hydrogens (tertiary/aromatic N) is 1. The number of hydrogen-bond donors (Lipinski definition) is 2. The molecule has 4 amide bonds. The molecule has 142 valence electrons. The van der Waals surface area contributed by atoms with Crippen LogP contribution in [0.4, 0.5) is 4.79 Å². The van der Waals surface area contributed by atoms with E-state index in [-0.39, 0.29) is 24.4 Å². The van der Waals surface area contributed by atoms with Crippen LogP contribution >= 0.6 is 0 Å². The van der Waals surface area contributed by atoms with Gasteiger partial charge in [-0.05, 0) is 57.6 Å². The summed E-state index contributed by atoms with van der Waals surface area (Å²) in [6.07, 6.45) is 4.25. The zero-order valence-corrected chi connectivity index (χ0v) is 15.6. The minimum absolute atomic E-state index is 0.270. The fourth-order valence-electron chi connectivity index (χ4n) is 3.93. The van der Waals surface area contributed by atoms with Crippen molar-refractivity contribution >= 4 is 17.8 Å². The maximum Gasteiger partial charge on any atom is 0.325 e. The SMILES string of the molecule is CCC1CCC2(CC1)NC(=O)N(CC(=O)NC(C)c1ccc(C)o1)C2=O. The molecule has 2 N–H and O–H groups in total. The Morgan fingerprint density at radius 3 is 2.65 bits per heavy atom. The molecule has 1 spiro atoms. The molecule has 1 saturated carbocycles. The van der Waals surface area contributed by atoms with Gasteiger partial charge in [-0.1, -0.05) is 13.3 Å². The van der Waals surface area contributed by atoms with E-state index in [0.29, 0.717) is 24.5 Å². The highest BCUT2D eigenvalue weighted by atomic mass is 16.3. The summed E-state index contributed by atoms with van der Waals surface area (Å²) >= 11 is 0. The van der Waals surface area contributed by atoms with Gasteiger partial charge < -0.3 is 15.1 Å². The first-order valence-electron chi connectivity index (χ1n) is 9.34. The second-order valence-electron chi connectivity index (χ2n) is 7.49. The second-order valence-corrected chi connectivity index (χ2v) is 7.49. The summed E-state index contributed by atoms with van der Waals surface area (Å²) in [5, 5.41) is 5.62. The molecule has 2 fully saturated rings. The van der Waals surface area contributed by atoms with Gasteiger partial charge >= 0.3 is 6.03 Å². The van der Waals surface area contributed by atoms with Crippen LogP contribution in [-0.4, -0.2) is 34.8 Å². The number of urea groups is 1. The van der Waals surface area contributed by atoms with Crippen LogP contribution in [-0.2, 0) is 9.59 Å². The van der Waals surface area contributed by atoms with Crippen molar-refractivity contribution in [2.75, 3.05) is 6.54 Å². The third kappa shape index (κ3) is 3.48. The summed E-state index contributed by atoms with van der Waals surface area (Å²) < 4.78 is 5.49. The largest absolute Gasteiger partial charge is 0.464 e. The number of rotatable bonds is 5. The molecule has 1 unspecified atom stereocenters. The van der Waals surface area contributed by atoms with Gasteiger partial charge in [-0.2, -0.15) is 0 Å². The van der Waals surface area contributed by atoms with Gasteiger partial charge in [0.1, 0.15) is 23.6 Å². The molecule has 2 heterocycles. The van der Waals surface area contributed by atoms with Crippen LogP contribution in [0.15, 0.2) is 16.5 Å². The molecular formula is C19H27N3O4. The van der Waals surface area contributed by atoms with Gasteiger partial charge in [-0.25, -0.2) is 4.79 Å². The van der Waals surface area contributed by atoms with E-state index in [9.17, 15) is 14.4 Å². The smallest absolute Gasteiger partial charge is 0.325 e. The summed E-state index contributed by atoms with van der Waals surface area (Å²) in [4.78, 5) is 38.5. The Morgan fingerprint density at radius 1 is 1.38 bits per heavy atom. The molecule has 1 aromatic heterocycles. The van der Waals surface area contributed by atoms with Gasteiger partial charge in [-0.3, -0.25) is 14.5 Å². The van der Waals surface area contributed by atoms with Crippen LogP contribution in [0.2, 0.25) is 0 Å². The average molecular weight is 361 g/mol. The van der Waals surface area contributed by atoms with Gasteiger partial charge in [0.05, 0.1) is 6.04 Å². The van der Waals surface area contributed by atoms with Crippen molar-refractivity contribution < 1.29 is 18.8 Å². The van der Waals surface area contributed by atoms with Crippen LogP contribution in [0.3, 0.4) is 0 Å². The molecule has 7 heteroatoms. The fraction of sp³-hybridized carbons (Fsp3) is 0.632. The number of imide groups is 1. The molecule has 0 radical (unpaired) electrons. The van der Waals surface area contributed by atoms with E-state index in [1.54, 1.807) is 13.0 Å². The molecule has 2 aliphatic rings. The van der Waals surface area contributed by atoms with E-state index in [1.165, 1.54) is 0 Å². The summed E-state index contributed by atoms with van der Waals surface area (Å²) in [5.74, 6) is 1.37. The predicted molar refractivity (Wildman–Crippen MR) is 95.2 cm³/mol. The number of carbonyl (C=O) groups is 3. The Hall–Kier alpha value is -2.31. The zero-order chi connectivity index (χ0) is 18.9. The highest BCUT2D eigenvalue weighted by Crippen LogP contribution is 2.37. The zero-order valence-electron chi connectivity index (χ0n) is 15.6. The fourth-order valence-corrected chi connectivity index (χ4v) is 3.93. The standard InChI is InChI=1S/C19H27N3O4/c1-4-14-7-9-19(10-8-14)17(24)22(18(25)21-19)11-16(23)20-13(3)15-6-5-12(2)26-15/h5-6,13-14H,4,7-11H2,1-3H3,(H,20,23)(H,21,25). The second kappa shape index (κ2) is 7.13. The maximum absolute atomic E-state index is 12.8. The van der Waals surface area contributed by atoms with E-state index >= 15 is 0 Å². The topological polar surface area (TPSA) is 91.7 Å². The van der Waals surface area contributed by atoms with Crippen molar-refractivity contribution in [3.05, 3.63) is 23.7 Å². The Labute approximate surface area is 153 Å². The minimum Gasteiger partial charge on any atom is -0.464 e. The number of carbonyl (C=O) groups excluding carboxylic acids is 3. The van der Waals surface area contributed by atoms with Crippen molar-refractivity contribution in [2.45, 2.75) is 64.5 Å². The Kier molecular flexibility index (Phi) is 5.07. The number of amides is 4. The van der Waals surface area contributed by atoms with E-state index in [2.05, 4.69) is 17.6 Å². The molecule has 26 heavy (non-hydrogen) atoms. The van der Waals surface area contributed by atoms with Crippen LogP contribution in [0.1, 0.15) is 63.5 Å². The van der Waals surface area contributed by atoms with E-state index in [0.717, 1.165) is 29.9 Å². The van der Waals surface area contributed by atoms with Crippen molar-refractivity contribution in [3.63, 3.8) is 0 Å². The van der Waals surface area contributed by atoms with Crippen LogP contribution in [0.25, 0.3) is 0 Å². The minimum atomic E-state index is -0.813. The van der Waals surface area contributed by atoms with Gasteiger partial charge in [0.15, 0.2) is 0 Å². The number of furan rings is 1. The summed E-state index contributed by atoms with van der Waals surface area (Å²) in [7, 11) is 0.